The van der Waals surface area contributed by atoms with Gasteiger partial charge < -0.3 is 14.7 Å². The molecule has 2 heterocycles. The van der Waals surface area contributed by atoms with Gasteiger partial charge in [-0.2, -0.15) is 0 Å². The number of allylic oxidation sites excluding steroid dienone is 3. The van der Waals surface area contributed by atoms with Crippen molar-refractivity contribution >= 4 is 29.1 Å². The fourth-order valence-corrected chi connectivity index (χ4v) is 5.22. The van der Waals surface area contributed by atoms with E-state index in [1.165, 1.54) is 11.1 Å². The van der Waals surface area contributed by atoms with E-state index in [1.54, 1.807) is 6.08 Å². The molecule has 0 atom stereocenters. The van der Waals surface area contributed by atoms with Gasteiger partial charge in [0.1, 0.15) is 11.5 Å². The van der Waals surface area contributed by atoms with E-state index in [9.17, 15) is 9.59 Å². The molecule has 2 aliphatic heterocycles. The van der Waals surface area contributed by atoms with Gasteiger partial charge >= 0.3 is 5.97 Å². The lowest BCUT2D eigenvalue weighted by atomic mass is 9.73. The summed E-state index contributed by atoms with van der Waals surface area (Å²) in [5.74, 6) is 0.820. The van der Waals surface area contributed by atoms with Crippen molar-refractivity contribution in [2.24, 2.45) is 5.41 Å². The Kier molecular flexibility index (Phi) is 5.56. The predicted molar refractivity (Wildman–Crippen MR) is 128 cm³/mol. The van der Waals surface area contributed by atoms with Crippen molar-refractivity contribution in [1.82, 2.24) is 0 Å². The number of hydrogen-bond donors (Lipinski definition) is 1. The third kappa shape index (κ3) is 4.13. The van der Waals surface area contributed by atoms with Crippen molar-refractivity contribution in [3.8, 4) is 5.75 Å². The first-order valence-corrected chi connectivity index (χ1v) is 11.5. The Balaban J connectivity index is 1.68. The minimum atomic E-state index is -0.734. The second kappa shape index (κ2) is 7.95. The Morgan fingerprint density at radius 2 is 1.88 bits per heavy atom. The summed E-state index contributed by atoms with van der Waals surface area (Å²) in [5, 5.41) is 8.89. The summed E-state index contributed by atoms with van der Waals surface area (Å²) in [5.41, 5.74) is 5.30. The molecule has 1 aromatic carbocycles. The minimum absolute atomic E-state index is 0.103. The highest BCUT2D eigenvalue weighted by Gasteiger charge is 2.38. The van der Waals surface area contributed by atoms with Crippen LogP contribution < -0.4 is 9.64 Å². The number of hydrogen-bond acceptors (Lipinski definition) is 4. The van der Waals surface area contributed by atoms with Gasteiger partial charge in [0.15, 0.2) is 5.78 Å². The number of carbonyl (C=O) groups is 2. The fraction of sp³-hybridized carbons (Fsp3) is 0.481. The molecule has 5 heteroatoms. The second-order valence-electron chi connectivity index (χ2n) is 10.4. The quantitative estimate of drug-likeness (QED) is 0.556. The van der Waals surface area contributed by atoms with Gasteiger partial charge in [-0.25, -0.2) is 0 Å². The largest absolute Gasteiger partial charge is 0.481 e. The molecule has 0 fully saturated rings. The number of ketones is 1. The second-order valence-corrected chi connectivity index (χ2v) is 10.4. The molecule has 0 spiro atoms. The van der Waals surface area contributed by atoms with Crippen LogP contribution in [-0.4, -0.2) is 28.9 Å². The molecule has 5 nitrogen and oxygen atoms in total. The molecule has 1 aliphatic carbocycles. The molecule has 3 aliphatic rings. The van der Waals surface area contributed by atoms with Crippen LogP contribution in [0.25, 0.3) is 11.6 Å². The smallest absolute Gasteiger partial charge is 0.303 e. The van der Waals surface area contributed by atoms with Crippen LogP contribution in [0.2, 0.25) is 0 Å². The molecule has 0 amide bonds. The van der Waals surface area contributed by atoms with E-state index in [0.717, 1.165) is 42.0 Å². The lowest BCUT2D eigenvalue weighted by molar-refractivity contribution is -0.137. The fourth-order valence-electron chi connectivity index (χ4n) is 5.22. The van der Waals surface area contributed by atoms with Crippen LogP contribution in [0, 0.1) is 5.41 Å². The lowest BCUT2D eigenvalue weighted by Gasteiger charge is -2.44. The summed E-state index contributed by atoms with van der Waals surface area (Å²) in [4.78, 5) is 25.4. The minimum Gasteiger partial charge on any atom is -0.481 e. The van der Waals surface area contributed by atoms with Crippen molar-refractivity contribution in [1.29, 1.82) is 0 Å². The molecular weight excluding hydrogens is 402 g/mol. The van der Waals surface area contributed by atoms with E-state index >= 15 is 0 Å². The average molecular weight is 436 g/mol. The first kappa shape index (κ1) is 22.4. The van der Waals surface area contributed by atoms with Gasteiger partial charge in [0, 0.05) is 59.3 Å². The third-order valence-electron chi connectivity index (χ3n) is 6.80. The molecule has 0 aromatic heterocycles. The molecule has 170 valence electrons. The molecule has 0 saturated heterocycles. The highest BCUT2D eigenvalue weighted by atomic mass is 16.5. The van der Waals surface area contributed by atoms with Gasteiger partial charge in [0.25, 0.3) is 0 Å². The van der Waals surface area contributed by atoms with E-state index in [4.69, 9.17) is 9.84 Å². The topological polar surface area (TPSA) is 66.8 Å². The SMILES string of the molecule is CC1=CC(C)(C)N(CCCCCC(=O)O)c2cc3c(cc21)C=C1C(=CC(=O)CC1(C)C)O3. The molecule has 1 N–H and O–H groups in total. The molecular formula is C27H33NO4. The number of unbranched alkanes of at least 4 members (excludes halogenated alkanes) is 2. The predicted octanol–water partition coefficient (Wildman–Crippen LogP) is 5.99. The zero-order valence-corrected chi connectivity index (χ0v) is 19.7. The first-order valence-electron chi connectivity index (χ1n) is 11.5. The Bertz CT molecular complexity index is 1070. The molecule has 0 radical (unpaired) electrons. The van der Waals surface area contributed by atoms with Crippen LogP contribution >= 0.6 is 0 Å². The van der Waals surface area contributed by atoms with E-state index in [-0.39, 0.29) is 23.2 Å². The number of aliphatic carboxylic acids is 1. The van der Waals surface area contributed by atoms with E-state index < -0.39 is 5.97 Å². The van der Waals surface area contributed by atoms with Crippen molar-refractivity contribution in [2.45, 2.75) is 72.3 Å². The van der Waals surface area contributed by atoms with Gasteiger partial charge in [-0.15, -0.1) is 0 Å². The Labute approximate surface area is 190 Å². The summed E-state index contributed by atoms with van der Waals surface area (Å²) in [7, 11) is 0. The summed E-state index contributed by atoms with van der Waals surface area (Å²) in [6, 6.07) is 4.32. The number of carboxylic acid groups (broad SMARTS) is 1. The van der Waals surface area contributed by atoms with Gasteiger partial charge in [-0.1, -0.05) is 26.3 Å². The highest BCUT2D eigenvalue weighted by Crippen LogP contribution is 2.48. The highest BCUT2D eigenvalue weighted by molar-refractivity contribution is 5.95. The number of rotatable bonds is 6. The monoisotopic (exact) mass is 435 g/mol. The molecule has 1 aromatic rings. The van der Waals surface area contributed by atoms with Gasteiger partial charge in [0.05, 0.1) is 5.54 Å². The molecule has 0 unspecified atom stereocenters. The Morgan fingerprint density at radius 1 is 1.12 bits per heavy atom. The summed E-state index contributed by atoms with van der Waals surface area (Å²) >= 11 is 0. The van der Waals surface area contributed by atoms with E-state index in [0.29, 0.717) is 18.6 Å². The van der Waals surface area contributed by atoms with Crippen molar-refractivity contribution in [3.05, 3.63) is 46.7 Å². The third-order valence-corrected chi connectivity index (χ3v) is 6.80. The van der Waals surface area contributed by atoms with Crippen molar-refractivity contribution in [3.63, 3.8) is 0 Å². The number of nitrogens with zero attached hydrogens (tertiary/aromatic N) is 1. The van der Waals surface area contributed by atoms with Gasteiger partial charge in [0.2, 0.25) is 0 Å². The number of benzene rings is 1. The maximum Gasteiger partial charge on any atom is 0.303 e. The normalized spacial score (nSPS) is 20.2. The van der Waals surface area contributed by atoms with E-state index in [2.05, 4.69) is 63.8 Å². The zero-order valence-electron chi connectivity index (χ0n) is 19.7. The molecule has 0 saturated carbocycles. The standard InChI is InChI=1S/C27H33NO4/c1-17-15-27(4,5)28(10-8-6-7-9-25(30)31)22-14-23-18(11-20(17)22)12-21-24(32-23)13-19(29)16-26(21,2)3/h11-15H,6-10,16H2,1-5H3,(H,30,31). The molecule has 4 rings (SSSR count). The Hall–Kier alpha value is -2.82. The van der Waals surface area contributed by atoms with Crippen LogP contribution in [0.1, 0.15) is 77.8 Å². The zero-order chi connectivity index (χ0) is 23.3. The number of fused-ring (bicyclic) bond motifs is 3. The average Bonchev–Trinajstić information content (AvgIpc) is 2.66. The van der Waals surface area contributed by atoms with Crippen LogP contribution in [0.5, 0.6) is 5.75 Å². The van der Waals surface area contributed by atoms with Crippen LogP contribution in [0.4, 0.5) is 5.69 Å². The first-order chi connectivity index (χ1) is 15.0. The maximum atomic E-state index is 12.2. The van der Waals surface area contributed by atoms with Gasteiger partial charge in [-0.3, -0.25) is 9.59 Å². The number of carbonyl (C=O) groups excluding carboxylic acids is 1. The molecule has 0 bridgehead atoms. The summed E-state index contributed by atoms with van der Waals surface area (Å²) in [6.45, 7) is 11.6. The number of ether oxygens (including phenoxy) is 1. The van der Waals surface area contributed by atoms with Gasteiger partial charge in [-0.05, 0) is 51.3 Å². The van der Waals surface area contributed by atoms with Crippen LogP contribution in [-0.2, 0) is 9.59 Å². The number of carboxylic acids is 1. The molecule has 32 heavy (non-hydrogen) atoms. The van der Waals surface area contributed by atoms with Crippen LogP contribution in [0.3, 0.4) is 0 Å². The lowest BCUT2D eigenvalue weighted by Crippen LogP contribution is -2.45. The summed E-state index contributed by atoms with van der Waals surface area (Å²) < 4.78 is 6.29. The Morgan fingerprint density at radius 3 is 2.59 bits per heavy atom. The van der Waals surface area contributed by atoms with Crippen LogP contribution in [0.15, 0.2) is 35.6 Å². The number of anilines is 1. The summed E-state index contributed by atoms with van der Waals surface area (Å²) in [6.07, 6.45) is 9.35. The van der Waals surface area contributed by atoms with Crippen molar-refractivity contribution < 1.29 is 19.4 Å². The van der Waals surface area contributed by atoms with Crippen molar-refractivity contribution in [2.75, 3.05) is 11.4 Å². The van der Waals surface area contributed by atoms with E-state index in [1.807, 2.05) is 0 Å². The maximum absolute atomic E-state index is 12.2.